The van der Waals surface area contributed by atoms with E-state index in [9.17, 15) is 9.90 Å². The lowest BCUT2D eigenvalue weighted by Gasteiger charge is -2.28. The van der Waals surface area contributed by atoms with Crippen LogP contribution in [-0.4, -0.2) is 27.0 Å². The number of phenols is 1. The molecular weight excluding hydrogens is 372 g/mol. The number of nitrogens with zero attached hydrogens (tertiary/aromatic N) is 2. The first-order valence-electron chi connectivity index (χ1n) is 11.2. The summed E-state index contributed by atoms with van der Waals surface area (Å²) in [6, 6.07) is 8.55. The van der Waals surface area contributed by atoms with Gasteiger partial charge in [0.2, 0.25) is 5.91 Å². The summed E-state index contributed by atoms with van der Waals surface area (Å²) < 4.78 is 2.13. The van der Waals surface area contributed by atoms with Crippen molar-refractivity contribution >= 4 is 5.91 Å². The first-order valence-corrected chi connectivity index (χ1v) is 11.2. The van der Waals surface area contributed by atoms with Gasteiger partial charge in [0.05, 0.1) is 6.04 Å². The minimum atomic E-state index is -0.156. The number of aromatic nitrogens is 1. The molecule has 1 aromatic carbocycles. The van der Waals surface area contributed by atoms with Gasteiger partial charge in [-0.15, -0.1) is 0 Å². The van der Waals surface area contributed by atoms with Crippen molar-refractivity contribution in [2.45, 2.75) is 84.1 Å². The van der Waals surface area contributed by atoms with Gasteiger partial charge < -0.3 is 14.6 Å². The topological polar surface area (TPSA) is 45.5 Å². The quantitative estimate of drug-likeness (QED) is 0.711. The molecule has 0 saturated carbocycles. The van der Waals surface area contributed by atoms with Crippen molar-refractivity contribution in [3.63, 3.8) is 0 Å². The van der Waals surface area contributed by atoms with E-state index in [1.807, 2.05) is 0 Å². The van der Waals surface area contributed by atoms with Gasteiger partial charge in [-0.1, -0.05) is 53.7 Å². The Morgan fingerprint density at radius 2 is 1.70 bits per heavy atom. The van der Waals surface area contributed by atoms with Crippen molar-refractivity contribution < 1.29 is 9.90 Å². The largest absolute Gasteiger partial charge is 0.507 e. The summed E-state index contributed by atoms with van der Waals surface area (Å²) in [4.78, 5) is 15.2. The number of amides is 1. The summed E-state index contributed by atoms with van der Waals surface area (Å²) in [5.41, 5.74) is 3.95. The van der Waals surface area contributed by atoms with Gasteiger partial charge in [0.1, 0.15) is 5.75 Å². The van der Waals surface area contributed by atoms with Crippen molar-refractivity contribution in [2.75, 3.05) is 6.54 Å². The molecule has 0 spiro atoms. The van der Waals surface area contributed by atoms with Crippen LogP contribution < -0.4 is 0 Å². The Morgan fingerprint density at radius 3 is 2.20 bits per heavy atom. The number of benzene rings is 1. The van der Waals surface area contributed by atoms with E-state index in [1.165, 1.54) is 5.69 Å². The van der Waals surface area contributed by atoms with Gasteiger partial charge in [-0.05, 0) is 58.9 Å². The third-order valence-electron chi connectivity index (χ3n) is 6.31. The van der Waals surface area contributed by atoms with Crippen LogP contribution in [0.5, 0.6) is 5.75 Å². The zero-order chi connectivity index (χ0) is 22.3. The summed E-state index contributed by atoms with van der Waals surface area (Å²) in [5, 5.41) is 10.9. The zero-order valence-electron chi connectivity index (χ0n) is 19.7. The molecule has 164 valence electrons. The average molecular weight is 411 g/mol. The van der Waals surface area contributed by atoms with Crippen molar-refractivity contribution in [3.8, 4) is 5.75 Å². The maximum Gasteiger partial charge on any atom is 0.223 e. The lowest BCUT2D eigenvalue weighted by atomic mass is 9.78. The zero-order valence-corrected chi connectivity index (χ0v) is 19.7. The van der Waals surface area contributed by atoms with Gasteiger partial charge in [-0.3, -0.25) is 4.79 Å². The second kappa shape index (κ2) is 8.13. The second-order valence-electron chi connectivity index (χ2n) is 10.8. The monoisotopic (exact) mass is 410 g/mol. The van der Waals surface area contributed by atoms with E-state index in [4.69, 9.17) is 0 Å². The van der Waals surface area contributed by atoms with Crippen molar-refractivity contribution in [1.29, 1.82) is 0 Å². The SMILES string of the molecule is Cn1cccc1[C@H]1CCCN1C(=O)CCc1cc(C(C)(C)C)c(O)c(C(C)(C)C)c1. The van der Waals surface area contributed by atoms with Crippen molar-refractivity contribution in [1.82, 2.24) is 9.47 Å². The van der Waals surface area contributed by atoms with E-state index in [0.29, 0.717) is 18.6 Å². The van der Waals surface area contributed by atoms with E-state index in [-0.39, 0.29) is 22.8 Å². The second-order valence-corrected chi connectivity index (χ2v) is 10.8. The lowest BCUT2D eigenvalue weighted by molar-refractivity contribution is -0.132. The van der Waals surface area contributed by atoms with Crippen LogP contribution in [0.1, 0.15) is 89.2 Å². The number of likely N-dealkylation sites (tertiary alicyclic amines) is 1. The first kappa shape index (κ1) is 22.5. The fourth-order valence-corrected chi connectivity index (χ4v) is 4.57. The van der Waals surface area contributed by atoms with E-state index >= 15 is 0 Å². The highest BCUT2D eigenvalue weighted by molar-refractivity contribution is 5.77. The van der Waals surface area contributed by atoms with E-state index in [1.54, 1.807) is 0 Å². The summed E-state index contributed by atoms with van der Waals surface area (Å²) in [7, 11) is 2.05. The summed E-state index contributed by atoms with van der Waals surface area (Å²) in [6.45, 7) is 13.6. The van der Waals surface area contributed by atoms with Crippen LogP contribution in [0.15, 0.2) is 30.5 Å². The molecule has 1 fully saturated rings. The predicted octanol–water partition coefficient (Wildman–Crippen LogP) is 5.62. The summed E-state index contributed by atoms with van der Waals surface area (Å²) in [5.74, 6) is 0.620. The summed E-state index contributed by atoms with van der Waals surface area (Å²) in [6.07, 6.45) is 5.34. The standard InChI is InChI=1S/C26H38N2O2/c1-25(2,3)19-16-18(17-20(24(19)30)26(4,5)6)12-13-23(29)28-15-9-11-22(28)21-10-8-14-27(21)7/h8,10,14,16-17,22,30H,9,11-13,15H2,1-7H3/t22-/m1/s1. The molecule has 1 N–H and O–H groups in total. The molecule has 3 rings (SSSR count). The molecule has 0 bridgehead atoms. The molecule has 0 aliphatic carbocycles. The molecule has 1 amide bonds. The summed E-state index contributed by atoms with van der Waals surface area (Å²) >= 11 is 0. The van der Waals surface area contributed by atoms with Crippen LogP contribution in [0.3, 0.4) is 0 Å². The normalized spacial score (nSPS) is 17.6. The number of hydrogen-bond acceptors (Lipinski definition) is 2. The minimum Gasteiger partial charge on any atom is -0.507 e. The number of hydrogen-bond donors (Lipinski definition) is 1. The molecule has 30 heavy (non-hydrogen) atoms. The van der Waals surface area contributed by atoms with Gasteiger partial charge >= 0.3 is 0 Å². The van der Waals surface area contributed by atoms with Crippen LogP contribution in [0, 0.1) is 0 Å². The molecule has 2 heterocycles. The van der Waals surface area contributed by atoms with Crippen LogP contribution in [0.25, 0.3) is 0 Å². The van der Waals surface area contributed by atoms with Crippen molar-refractivity contribution in [2.24, 2.45) is 7.05 Å². The lowest BCUT2D eigenvalue weighted by Crippen LogP contribution is -2.31. The number of phenolic OH excluding ortho intramolecular Hbond substituents is 1. The Kier molecular flexibility index (Phi) is 6.08. The van der Waals surface area contributed by atoms with Gasteiger partial charge in [-0.25, -0.2) is 0 Å². The first-order chi connectivity index (χ1) is 13.9. The highest BCUT2D eigenvalue weighted by atomic mass is 16.3. The Hall–Kier alpha value is -2.23. The molecule has 1 aliphatic heterocycles. The third kappa shape index (κ3) is 4.58. The molecule has 0 unspecified atom stereocenters. The fourth-order valence-electron chi connectivity index (χ4n) is 4.57. The van der Waals surface area contributed by atoms with E-state index in [2.05, 4.69) is 88.5 Å². The Balaban J connectivity index is 1.81. The van der Waals surface area contributed by atoms with Crippen molar-refractivity contribution in [3.05, 3.63) is 52.8 Å². The molecule has 2 aromatic rings. The highest BCUT2D eigenvalue weighted by Crippen LogP contribution is 2.40. The third-order valence-corrected chi connectivity index (χ3v) is 6.31. The van der Waals surface area contributed by atoms with E-state index in [0.717, 1.165) is 36.1 Å². The molecule has 4 nitrogen and oxygen atoms in total. The molecule has 1 atom stereocenters. The minimum absolute atomic E-state index is 0.156. The van der Waals surface area contributed by atoms with Gasteiger partial charge in [-0.2, -0.15) is 0 Å². The Bertz CT molecular complexity index is 877. The van der Waals surface area contributed by atoms with Crippen LogP contribution in [0.4, 0.5) is 0 Å². The Labute approximate surface area is 181 Å². The van der Waals surface area contributed by atoms with Crippen LogP contribution in [0.2, 0.25) is 0 Å². The molecule has 0 radical (unpaired) electrons. The van der Waals surface area contributed by atoms with E-state index < -0.39 is 0 Å². The predicted molar refractivity (Wildman–Crippen MR) is 123 cm³/mol. The molecule has 1 aromatic heterocycles. The van der Waals surface area contributed by atoms with Crippen LogP contribution in [-0.2, 0) is 29.1 Å². The average Bonchev–Trinajstić information content (AvgIpc) is 3.26. The number of aromatic hydroxyl groups is 1. The van der Waals surface area contributed by atoms with Gasteiger partial charge in [0.25, 0.3) is 0 Å². The number of carbonyl (C=O) groups is 1. The molecule has 1 aliphatic rings. The number of aryl methyl sites for hydroxylation is 2. The fraction of sp³-hybridized carbons (Fsp3) is 0.577. The van der Waals surface area contributed by atoms with Crippen LogP contribution >= 0.6 is 0 Å². The maximum atomic E-state index is 13.1. The molecular formula is C26H38N2O2. The van der Waals surface area contributed by atoms with Gasteiger partial charge in [0.15, 0.2) is 0 Å². The number of rotatable bonds is 4. The number of carbonyl (C=O) groups excluding carboxylic acids is 1. The van der Waals surface area contributed by atoms with Gasteiger partial charge in [0, 0.05) is 31.9 Å². The molecule has 1 saturated heterocycles. The highest BCUT2D eigenvalue weighted by Gasteiger charge is 2.31. The Morgan fingerprint density at radius 1 is 1.10 bits per heavy atom. The maximum absolute atomic E-state index is 13.1. The molecule has 4 heteroatoms. The smallest absolute Gasteiger partial charge is 0.223 e.